The summed E-state index contributed by atoms with van der Waals surface area (Å²) in [5, 5.41) is 3.34. The van der Waals surface area contributed by atoms with Crippen LogP contribution in [0.2, 0.25) is 0 Å². The van der Waals surface area contributed by atoms with Gasteiger partial charge in [-0.05, 0) is 38.3 Å². The molecule has 0 radical (unpaired) electrons. The summed E-state index contributed by atoms with van der Waals surface area (Å²) < 4.78 is 0. The van der Waals surface area contributed by atoms with Crippen molar-refractivity contribution in [3.8, 4) is 0 Å². The lowest BCUT2D eigenvalue weighted by atomic mass is 9.98. The van der Waals surface area contributed by atoms with Crippen LogP contribution in [-0.2, 0) is 4.79 Å². The number of rotatable bonds is 4. The molecule has 0 saturated carbocycles. The molecule has 110 valence electrons. The third-order valence-electron chi connectivity index (χ3n) is 4.35. The Morgan fingerprint density at radius 1 is 1.26 bits per heavy atom. The van der Waals surface area contributed by atoms with Crippen LogP contribution in [0.3, 0.4) is 0 Å². The molecule has 1 amide bonds. The maximum absolute atomic E-state index is 12.4. The summed E-state index contributed by atoms with van der Waals surface area (Å²) in [6, 6.07) is 0. The zero-order valence-corrected chi connectivity index (χ0v) is 12.5. The predicted molar refractivity (Wildman–Crippen MR) is 78.1 cm³/mol. The summed E-state index contributed by atoms with van der Waals surface area (Å²) in [4.78, 5) is 17.0. The molecule has 0 bridgehead atoms. The number of piperazine rings is 1. The average molecular weight is 267 g/mol. The highest BCUT2D eigenvalue weighted by Gasteiger charge is 2.28. The number of carbonyl (C=O) groups excluding carboxylic acids is 1. The van der Waals surface area contributed by atoms with Gasteiger partial charge in [0.05, 0.1) is 5.92 Å². The molecule has 4 nitrogen and oxygen atoms in total. The van der Waals surface area contributed by atoms with E-state index < -0.39 is 0 Å². The zero-order valence-electron chi connectivity index (χ0n) is 12.5. The van der Waals surface area contributed by atoms with E-state index in [1.54, 1.807) is 0 Å². The molecule has 0 aromatic carbocycles. The quantitative estimate of drug-likeness (QED) is 0.831. The van der Waals surface area contributed by atoms with Gasteiger partial charge in [0.1, 0.15) is 0 Å². The number of hydrogen-bond donors (Lipinski definition) is 1. The molecule has 1 atom stereocenters. The maximum atomic E-state index is 12.4. The predicted octanol–water partition coefficient (Wildman–Crippen LogP) is 1.18. The van der Waals surface area contributed by atoms with Crippen molar-refractivity contribution < 1.29 is 4.79 Å². The van der Waals surface area contributed by atoms with Crippen LogP contribution in [0.5, 0.6) is 0 Å². The Morgan fingerprint density at radius 2 is 2.00 bits per heavy atom. The second-order valence-corrected chi connectivity index (χ2v) is 6.39. The lowest BCUT2D eigenvalue weighted by Gasteiger charge is -2.37. The molecule has 0 unspecified atom stereocenters. The number of hydrogen-bond acceptors (Lipinski definition) is 3. The van der Waals surface area contributed by atoms with Crippen molar-refractivity contribution in [2.24, 2.45) is 11.8 Å². The van der Waals surface area contributed by atoms with Crippen LogP contribution in [-0.4, -0.2) is 61.5 Å². The molecule has 0 aromatic rings. The van der Waals surface area contributed by atoms with Crippen molar-refractivity contribution >= 4 is 5.91 Å². The fourth-order valence-electron chi connectivity index (χ4n) is 2.95. The highest BCUT2D eigenvalue weighted by Crippen LogP contribution is 2.15. The normalized spacial score (nSPS) is 25.8. The third-order valence-corrected chi connectivity index (χ3v) is 4.35. The van der Waals surface area contributed by atoms with Gasteiger partial charge in [-0.15, -0.1) is 0 Å². The van der Waals surface area contributed by atoms with Gasteiger partial charge in [-0.3, -0.25) is 9.69 Å². The summed E-state index contributed by atoms with van der Waals surface area (Å²) in [7, 11) is 0. The molecular weight excluding hydrogens is 238 g/mol. The number of amides is 1. The fourth-order valence-corrected chi connectivity index (χ4v) is 2.95. The Balaban J connectivity index is 1.71. The van der Waals surface area contributed by atoms with Crippen molar-refractivity contribution in [2.45, 2.75) is 33.1 Å². The summed E-state index contributed by atoms with van der Waals surface area (Å²) in [5.74, 6) is 1.39. The Labute approximate surface area is 117 Å². The SMILES string of the molecule is CC(C)CCN1CCN(C(=O)[C@H]2CCCNC2)CC1. The Kier molecular flexibility index (Phi) is 5.64. The van der Waals surface area contributed by atoms with E-state index in [1.807, 2.05) is 0 Å². The number of nitrogens with zero attached hydrogens (tertiary/aromatic N) is 2. The first kappa shape index (κ1) is 14.8. The van der Waals surface area contributed by atoms with Gasteiger partial charge in [0.2, 0.25) is 5.91 Å². The molecular formula is C15H29N3O. The van der Waals surface area contributed by atoms with E-state index in [9.17, 15) is 4.79 Å². The lowest BCUT2D eigenvalue weighted by molar-refractivity contribution is -0.137. The zero-order chi connectivity index (χ0) is 13.7. The molecule has 0 aromatic heterocycles. The topological polar surface area (TPSA) is 35.6 Å². The van der Waals surface area contributed by atoms with Gasteiger partial charge in [-0.25, -0.2) is 0 Å². The second-order valence-electron chi connectivity index (χ2n) is 6.39. The molecule has 2 fully saturated rings. The van der Waals surface area contributed by atoms with E-state index >= 15 is 0 Å². The molecule has 2 heterocycles. The summed E-state index contributed by atoms with van der Waals surface area (Å²) >= 11 is 0. The van der Waals surface area contributed by atoms with Gasteiger partial charge in [0.15, 0.2) is 0 Å². The van der Waals surface area contributed by atoms with Crippen LogP contribution in [0.25, 0.3) is 0 Å². The van der Waals surface area contributed by atoms with Crippen molar-refractivity contribution in [3.05, 3.63) is 0 Å². The van der Waals surface area contributed by atoms with Crippen LogP contribution in [0.1, 0.15) is 33.1 Å². The van der Waals surface area contributed by atoms with Crippen LogP contribution < -0.4 is 5.32 Å². The maximum Gasteiger partial charge on any atom is 0.227 e. The number of piperidine rings is 1. The van der Waals surface area contributed by atoms with Gasteiger partial charge in [-0.1, -0.05) is 13.8 Å². The molecule has 1 N–H and O–H groups in total. The minimum atomic E-state index is 0.232. The van der Waals surface area contributed by atoms with E-state index in [0.29, 0.717) is 5.91 Å². The summed E-state index contributed by atoms with van der Waals surface area (Å²) in [6.45, 7) is 11.6. The first-order valence-corrected chi connectivity index (χ1v) is 7.88. The first-order chi connectivity index (χ1) is 9.16. The standard InChI is InChI=1S/C15H29N3O/c1-13(2)5-7-17-8-10-18(11-9-17)15(19)14-4-3-6-16-12-14/h13-14,16H,3-12H2,1-2H3/t14-/m0/s1. The van der Waals surface area contributed by atoms with Crippen molar-refractivity contribution in [1.82, 2.24) is 15.1 Å². The second kappa shape index (κ2) is 7.25. The largest absolute Gasteiger partial charge is 0.340 e. The van der Waals surface area contributed by atoms with Crippen LogP contribution in [0.15, 0.2) is 0 Å². The Morgan fingerprint density at radius 3 is 2.58 bits per heavy atom. The van der Waals surface area contributed by atoms with Gasteiger partial charge in [0, 0.05) is 32.7 Å². The molecule has 2 aliphatic heterocycles. The fraction of sp³-hybridized carbons (Fsp3) is 0.933. The average Bonchev–Trinajstić information content (AvgIpc) is 2.46. The number of nitrogens with one attached hydrogen (secondary N) is 1. The van der Waals surface area contributed by atoms with E-state index in [-0.39, 0.29) is 5.92 Å². The molecule has 4 heteroatoms. The van der Waals surface area contributed by atoms with Gasteiger partial charge in [0.25, 0.3) is 0 Å². The van der Waals surface area contributed by atoms with E-state index in [4.69, 9.17) is 0 Å². The third kappa shape index (κ3) is 4.46. The van der Waals surface area contributed by atoms with E-state index in [0.717, 1.165) is 58.0 Å². The van der Waals surface area contributed by atoms with Crippen LogP contribution >= 0.6 is 0 Å². The minimum absolute atomic E-state index is 0.232. The Bertz CT molecular complexity index is 279. The summed E-state index contributed by atoms with van der Waals surface area (Å²) in [6.07, 6.45) is 3.48. The van der Waals surface area contributed by atoms with E-state index in [1.165, 1.54) is 13.0 Å². The lowest BCUT2D eigenvalue weighted by Crippen LogP contribution is -2.52. The van der Waals surface area contributed by atoms with Gasteiger partial charge >= 0.3 is 0 Å². The van der Waals surface area contributed by atoms with Crippen molar-refractivity contribution in [1.29, 1.82) is 0 Å². The molecule has 0 spiro atoms. The monoisotopic (exact) mass is 267 g/mol. The highest BCUT2D eigenvalue weighted by molar-refractivity contribution is 5.79. The summed E-state index contributed by atoms with van der Waals surface area (Å²) in [5.41, 5.74) is 0. The molecule has 2 saturated heterocycles. The van der Waals surface area contributed by atoms with Crippen LogP contribution in [0.4, 0.5) is 0 Å². The Hall–Kier alpha value is -0.610. The van der Waals surface area contributed by atoms with Crippen molar-refractivity contribution in [2.75, 3.05) is 45.8 Å². The number of carbonyl (C=O) groups is 1. The minimum Gasteiger partial charge on any atom is -0.340 e. The molecule has 2 rings (SSSR count). The molecule has 2 aliphatic rings. The highest BCUT2D eigenvalue weighted by atomic mass is 16.2. The van der Waals surface area contributed by atoms with Crippen LogP contribution in [0, 0.1) is 11.8 Å². The smallest absolute Gasteiger partial charge is 0.227 e. The van der Waals surface area contributed by atoms with E-state index in [2.05, 4.69) is 29.0 Å². The molecule has 0 aliphatic carbocycles. The van der Waals surface area contributed by atoms with Gasteiger partial charge < -0.3 is 10.2 Å². The van der Waals surface area contributed by atoms with Crippen molar-refractivity contribution in [3.63, 3.8) is 0 Å². The first-order valence-electron chi connectivity index (χ1n) is 7.88. The van der Waals surface area contributed by atoms with Gasteiger partial charge in [-0.2, -0.15) is 0 Å². The molecule has 19 heavy (non-hydrogen) atoms.